The average Bonchev–Trinajstić information content (AvgIpc) is 2.71. The SMILES string of the molecule is CCOC(=O)[C@@H]1NC(=O)[C@H]2CC[C@@H]1N2C(=O)OC(C)(C)C. The number of amides is 2. The summed E-state index contributed by atoms with van der Waals surface area (Å²) in [4.78, 5) is 37.8. The van der Waals surface area contributed by atoms with Crippen molar-refractivity contribution in [3.63, 3.8) is 0 Å². The van der Waals surface area contributed by atoms with E-state index in [4.69, 9.17) is 9.47 Å². The highest BCUT2D eigenvalue weighted by Gasteiger charge is 2.53. The van der Waals surface area contributed by atoms with E-state index < -0.39 is 35.8 Å². The van der Waals surface area contributed by atoms with Crippen molar-refractivity contribution >= 4 is 18.0 Å². The summed E-state index contributed by atoms with van der Waals surface area (Å²) in [6, 6.07) is -1.78. The van der Waals surface area contributed by atoms with E-state index in [1.54, 1.807) is 27.7 Å². The van der Waals surface area contributed by atoms with Gasteiger partial charge < -0.3 is 14.8 Å². The third-order valence-electron chi connectivity index (χ3n) is 3.56. The van der Waals surface area contributed by atoms with Crippen LogP contribution in [0.5, 0.6) is 0 Å². The Morgan fingerprint density at radius 2 is 2.00 bits per heavy atom. The van der Waals surface area contributed by atoms with Crippen molar-refractivity contribution in [2.75, 3.05) is 6.61 Å². The van der Waals surface area contributed by atoms with Gasteiger partial charge in [0.2, 0.25) is 5.91 Å². The predicted octanol–water partition coefficient (Wildman–Crippen LogP) is 0.816. The van der Waals surface area contributed by atoms with Gasteiger partial charge in [-0.1, -0.05) is 0 Å². The molecule has 2 rings (SSSR count). The molecule has 2 saturated heterocycles. The number of piperazine rings is 1. The van der Waals surface area contributed by atoms with Crippen molar-refractivity contribution < 1.29 is 23.9 Å². The van der Waals surface area contributed by atoms with Gasteiger partial charge in [-0.15, -0.1) is 0 Å². The Bertz CT molecular complexity index is 457. The molecule has 2 aliphatic heterocycles. The molecule has 0 aromatic rings. The third kappa shape index (κ3) is 3.11. The van der Waals surface area contributed by atoms with Gasteiger partial charge in [-0.2, -0.15) is 0 Å². The molecule has 0 unspecified atom stereocenters. The number of ether oxygens (including phenoxy) is 2. The monoisotopic (exact) mass is 298 g/mol. The second-order valence-electron chi connectivity index (χ2n) is 6.29. The van der Waals surface area contributed by atoms with E-state index in [1.807, 2.05) is 0 Å². The summed E-state index contributed by atoms with van der Waals surface area (Å²) < 4.78 is 10.3. The molecule has 2 aliphatic rings. The van der Waals surface area contributed by atoms with E-state index in [0.29, 0.717) is 12.8 Å². The maximum Gasteiger partial charge on any atom is 0.411 e. The van der Waals surface area contributed by atoms with E-state index in [9.17, 15) is 14.4 Å². The summed E-state index contributed by atoms with van der Waals surface area (Å²) >= 11 is 0. The van der Waals surface area contributed by atoms with Gasteiger partial charge in [0, 0.05) is 0 Å². The number of nitrogens with one attached hydrogen (secondary N) is 1. The molecule has 7 nitrogen and oxygen atoms in total. The largest absolute Gasteiger partial charge is 0.464 e. The molecule has 0 aromatic heterocycles. The van der Waals surface area contributed by atoms with E-state index >= 15 is 0 Å². The Kier molecular flexibility index (Phi) is 4.11. The van der Waals surface area contributed by atoms with Gasteiger partial charge in [0.1, 0.15) is 17.7 Å². The van der Waals surface area contributed by atoms with Crippen LogP contribution in [0.25, 0.3) is 0 Å². The number of nitrogens with zero attached hydrogens (tertiary/aromatic N) is 1. The second kappa shape index (κ2) is 5.54. The number of esters is 1. The van der Waals surface area contributed by atoms with Crippen LogP contribution in [0.4, 0.5) is 4.79 Å². The summed E-state index contributed by atoms with van der Waals surface area (Å²) in [6.07, 6.45) is 0.553. The Hall–Kier alpha value is -1.79. The molecule has 0 radical (unpaired) electrons. The molecule has 0 aromatic carbocycles. The van der Waals surface area contributed by atoms with Crippen LogP contribution in [-0.2, 0) is 19.1 Å². The quantitative estimate of drug-likeness (QED) is 0.763. The average molecular weight is 298 g/mol. The van der Waals surface area contributed by atoms with Gasteiger partial charge in [-0.05, 0) is 40.5 Å². The number of hydrogen-bond acceptors (Lipinski definition) is 5. The van der Waals surface area contributed by atoms with Gasteiger partial charge >= 0.3 is 12.1 Å². The fraction of sp³-hybridized carbons (Fsp3) is 0.786. The zero-order valence-electron chi connectivity index (χ0n) is 12.8. The highest BCUT2D eigenvalue weighted by atomic mass is 16.6. The van der Waals surface area contributed by atoms with Crippen molar-refractivity contribution in [1.82, 2.24) is 10.2 Å². The van der Waals surface area contributed by atoms with Crippen LogP contribution < -0.4 is 5.32 Å². The van der Waals surface area contributed by atoms with Gasteiger partial charge in [-0.25, -0.2) is 9.59 Å². The standard InChI is InChI=1S/C14H22N2O5/c1-5-20-12(18)10-8-6-7-9(11(17)15-10)16(8)13(19)21-14(2,3)4/h8-10H,5-7H2,1-4H3,(H,15,17)/t8-,9+,10+/m0/s1. The molecule has 2 amide bonds. The maximum absolute atomic E-state index is 12.3. The number of fused-ring (bicyclic) bond motifs is 2. The summed E-state index contributed by atoms with van der Waals surface area (Å²) in [5.41, 5.74) is -0.649. The molecule has 2 bridgehead atoms. The predicted molar refractivity (Wildman–Crippen MR) is 73.4 cm³/mol. The van der Waals surface area contributed by atoms with Gasteiger partial charge in [0.15, 0.2) is 0 Å². The smallest absolute Gasteiger partial charge is 0.411 e. The highest BCUT2D eigenvalue weighted by molar-refractivity contribution is 5.93. The zero-order chi connectivity index (χ0) is 15.8. The normalized spacial score (nSPS) is 28.1. The Balaban J connectivity index is 2.20. The van der Waals surface area contributed by atoms with Crippen LogP contribution in [0, 0.1) is 0 Å². The fourth-order valence-electron chi connectivity index (χ4n) is 2.79. The lowest BCUT2D eigenvalue weighted by Gasteiger charge is -2.39. The lowest BCUT2D eigenvalue weighted by Crippen LogP contribution is -2.65. The number of carbonyl (C=O) groups excluding carboxylic acids is 3. The zero-order valence-corrected chi connectivity index (χ0v) is 12.8. The Labute approximate surface area is 123 Å². The van der Waals surface area contributed by atoms with Crippen molar-refractivity contribution in [1.29, 1.82) is 0 Å². The van der Waals surface area contributed by atoms with E-state index in [2.05, 4.69) is 5.32 Å². The minimum atomic E-state index is -0.816. The van der Waals surface area contributed by atoms with Crippen molar-refractivity contribution in [2.45, 2.75) is 64.3 Å². The lowest BCUT2D eigenvalue weighted by molar-refractivity contribution is -0.152. The number of carbonyl (C=O) groups is 3. The molecule has 0 spiro atoms. The number of hydrogen-bond donors (Lipinski definition) is 1. The highest BCUT2D eigenvalue weighted by Crippen LogP contribution is 2.32. The molecule has 1 N–H and O–H groups in total. The van der Waals surface area contributed by atoms with Crippen LogP contribution in [0.3, 0.4) is 0 Å². The van der Waals surface area contributed by atoms with Gasteiger partial charge in [0.05, 0.1) is 12.6 Å². The molecule has 0 aliphatic carbocycles. The maximum atomic E-state index is 12.3. The molecular weight excluding hydrogens is 276 g/mol. The second-order valence-corrected chi connectivity index (χ2v) is 6.29. The first-order valence-electron chi connectivity index (χ1n) is 7.23. The van der Waals surface area contributed by atoms with E-state index in [-0.39, 0.29) is 12.5 Å². The fourth-order valence-corrected chi connectivity index (χ4v) is 2.79. The molecule has 0 saturated carbocycles. The molecule has 2 fully saturated rings. The first-order valence-corrected chi connectivity index (χ1v) is 7.23. The molecule has 118 valence electrons. The van der Waals surface area contributed by atoms with Gasteiger partial charge in [0.25, 0.3) is 0 Å². The minimum absolute atomic E-state index is 0.230. The summed E-state index contributed by atoms with van der Waals surface area (Å²) in [6.45, 7) is 7.22. The van der Waals surface area contributed by atoms with Crippen LogP contribution >= 0.6 is 0 Å². The molecule has 2 heterocycles. The topological polar surface area (TPSA) is 84.9 Å². The summed E-state index contributed by atoms with van der Waals surface area (Å²) in [7, 11) is 0. The number of rotatable bonds is 2. The first kappa shape index (κ1) is 15.6. The first-order chi connectivity index (χ1) is 9.74. The molecular formula is C14H22N2O5. The lowest BCUT2D eigenvalue weighted by atomic mass is 10.1. The Morgan fingerprint density at radius 1 is 1.33 bits per heavy atom. The van der Waals surface area contributed by atoms with Gasteiger partial charge in [-0.3, -0.25) is 9.69 Å². The van der Waals surface area contributed by atoms with E-state index in [1.165, 1.54) is 4.90 Å². The van der Waals surface area contributed by atoms with Crippen molar-refractivity contribution in [2.24, 2.45) is 0 Å². The minimum Gasteiger partial charge on any atom is -0.464 e. The van der Waals surface area contributed by atoms with Crippen LogP contribution in [0.1, 0.15) is 40.5 Å². The Morgan fingerprint density at radius 3 is 2.57 bits per heavy atom. The van der Waals surface area contributed by atoms with Crippen molar-refractivity contribution in [3.8, 4) is 0 Å². The van der Waals surface area contributed by atoms with Crippen LogP contribution in [0.2, 0.25) is 0 Å². The molecule has 21 heavy (non-hydrogen) atoms. The van der Waals surface area contributed by atoms with Crippen LogP contribution in [0.15, 0.2) is 0 Å². The van der Waals surface area contributed by atoms with Crippen LogP contribution in [-0.4, -0.2) is 53.2 Å². The molecule has 3 atom stereocenters. The molecule has 7 heteroatoms. The summed E-state index contributed by atoms with van der Waals surface area (Å²) in [5.74, 6) is -0.836. The third-order valence-corrected chi connectivity index (χ3v) is 3.56. The summed E-state index contributed by atoms with van der Waals surface area (Å²) in [5, 5.41) is 2.65. The van der Waals surface area contributed by atoms with Crippen molar-refractivity contribution in [3.05, 3.63) is 0 Å². The van der Waals surface area contributed by atoms with E-state index in [0.717, 1.165) is 0 Å².